The predicted molar refractivity (Wildman–Crippen MR) is 75.0 cm³/mol. The van der Waals surface area contributed by atoms with Gasteiger partial charge >= 0.3 is 5.97 Å². The minimum atomic E-state index is -0.397. The maximum atomic E-state index is 11.4. The molecule has 8 heteroatoms. The zero-order valence-electron chi connectivity index (χ0n) is 11.5. The molecule has 8 nitrogen and oxygen atoms in total. The number of carbonyl (C=O) groups is 1. The van der Waals surface area contributed by atoms with Crippen LogP contribution in [0, 0.1) is 11.3 Å². The van der Waals surface area contributed by atoms with E-state index in [1.807, 2.05) is 6.07 Å². The number of H-pyrrole nitrogens is 1. The topological polar surface area (TPSA) is 109 Å². The van der Waals surface area contributed by atoms with Crippen LogP contribution in [-0.4, -0.2) is 38.3 Å². The van der Waals surface area contributed by atoms with Crippen molar-refractivity contribution in [1.29, 1.82) is 5.26 Å². The zero-order chi connectivity index (χ0) is 15.5. The fraction of sp³-hybridized carbons (Fsp3) is 0.0714. The summed E-state index contributed by atoms with van der Waals surface area (Å²) in [6.45, 7) is 0. The normalized spacial score (nSPS) is 10.2. The first-order valence-corrected chi connectivity index (χ1v) is 6.28. The van der Waals surface area contributed by atoms with Crippen molar-refractivity contribution >= 4 is 5.97 Å². The molecule has 0 unspecified atom stereocenters. The molecule has 0 aliphatic heterocycles. The van der Waals surface area contributed by atoms with Crippen molar-refractivity contribution in [3.05, 3.63) is 47.8 Å². The van der Waals surface area contributed by atoms with Gasteiger partial charge in [-0.1, -0.05) is 17.3 Å². The van der Waals surface area contributed by atoms with Gasteiger partial charge in [-0.25, -0.2) is 9.48 Å². The minimum Gasteiger partial charge on any atom is -0.465 e. The number of nitriles is 1. The first-order chi connectivity index (χ1) is 10.7. The van der Waals surface area contributed by atoms with Crippen molar-refractivity contribution in [2.45, 2.75) is 0 Å². The van der Waals surface area contributed by atoms with Crippen LogP contribution in [0.5, 0.6) is 0 Å². The number of aromatic amines is 1. The first-order valence-electron chi connectivity index (χ1n) is 6.28. The minimum absolute atomic E-state index is 0.373. The lowest BCUT2D eigenvalue weighted by atomic mass is 10.1. The molecule has 0 amide bonds. The molecular formula is C14H10N6O2. The first kappa shape index (κ1) is 13.5. The molecule has 0 aliphatic carbocycles. The Labute approximate surface area is 125 Å². The van der Waals surface area contributed by atoms with Crippen LogP contribution in [0.2, 0.25) is 0 Å². The maximum absolute atomic E-state index is 11.4. The average Bonchev–Trinajstić information content (AvgIpc) is 3.22. The number of hydrogen-bond donors (Lipinski definition) is 1. The van der Waals surface area contributed by atoms with Crippen molar-refractivity contribution in [3.63, 3.8) is 0 Å². The number of carbonyl (C=O) groups excluding carboxylic acids is 1. The highest BCUT2D eigenvalue weighted by Gasteiger charge is 2.11. The molecular weight excluding hydrogens is 284 g/mol. The molecule has 108 valence electrons. The number of methoxy groups -OCH3 is 1. The van der Waals surface area contributed by atoms with Crippen molar-refractivity contribution < 1.29 is 9.53 Å². The average molecular weight is 294 g/mol. The summed E-state index contributed by atoms with van der Waals surface area (Å²) < 4.78 is 6.09. The van der Waals surface area contributed by atoms with Crippen LogP contribution in [-0.2, 0) is 4.74 Å². The van der Waals surface area contributed by atoms with E-state index >= 15 is 0 Å². The van der Waals surface area contributed by atoms with Gasteiger partial charge in [0.1, 0.15) is 17.3 Å². The third-order valence-corrected chi connectivity index (χ3v) is 3.06. The van der Waals surface area contributed by atoms with Crippen molar-refractivity contribution in [3.8, 4) is 23.1 Å². The third kappa shape index (κ3) is 2.31. The van der Waals surface area contributed by atoms with E-state index in [-0.39, 0.29) is 0 Å². The monoisotopic (exact) mass is 294 g/mol. The van der Waals surface area contributed by atoms with E-state index in [2.05, 4.69) is 25.2 Å². The highest BCUT2D eigenvalue weighted by molar-refractivity contribution is 5.89. The molecule has 1 N–H and O–H groups in total. The summed E-state index contributed by atoms with van der Waals surface area (Å²) in [5.74, 6) is 0.0544. The van der Waals surface area contributed by atoms with Gasteiger partial charge in [-0.3, -0.25) is 5.10 Å². The van der Waals surface area contributed by atoms with Crippen LogP contribution >= 0.6 is 0 Å². The van der Waals surface area contributed by atoms with E-state index in [9.17, 15) is 4.79 Å². The molecule has 0 spiro atoms. The molecule has 0 aliphatic rings. The van der Waals surface area contributed by atoms with E-state index < -0.39 is 5.97 Å². The fourth-order valence-corrected chi connectivity index (χ4v) is 1.94. The molecule has 22 heavy (non-hydrogen) atoms. The van der Waals surface area contributed by atoms with Gasteiger partial charge in [0.05, 0.1) is 25.1 Å². The lowest BCUT2D eigenvalue weighted by Gasteiger charge is -2.00. The van der Waals surface area contributed by atoms with Gasteiger partial charge in [-0.15, -0.1) is 5.10 Å². The Bertz CT molecular complexity index is 856. The summed E-state index contributed by atoms with van der Waals surface area (Å²) in [6, 6.07) is 8.81. The molecule has 3 aromatic rings. The number of hydrogen-bond acceptors (Lipinski definition) is 6. The molecule has 0 radical (unpaired) electrons. The SMILES string of the molecule is COC(=O)c1ccc(-c2cn(-c3[nH]ncc3C#N)nn2)cc1. The Hall–Kier alpha value is -3.47. The molecule has 1 aromatic carbocycles. The molecule has 0 fully saturated rings. The van der Waals surface area contributed by atoms with Crippen LogP contribution in [0.15, 0.2) is 36.7 Å². The van der Waals surface area contributed by atoms with Crippen LogP contribution in [0.1, 0.15) is 15.9 Å². The van der Waals surface area contributed by atoms with Crippen LogP contribution in [0.3, 0.4) is 0 Å². The molecule has 0 saturated carbocycles. The molecule has 2 heterocycles. The van der Waals surface area contributed by atoms with Gasteiger partial charge in [0.2, 0.25) is 0 Å². The summed E-state index contributed by atoms with van der Waals surface area (Å²) in [4.78, 5) is 11.4. The number of esters is 1. The second kappa shape index (κ2) is 5.49. The molecule has 0 saturated heterocycles. The standard InChI is InChI=1S/C14H10N6O2/c1-22-14(21)10-4-2-9(3-5-10)12-8-20(19-17-12)13-11(6-15)7-16-18-13/h2-5,7-8H,1H3,(H,16,18). The van der Waals surface area contributed by atoms with Gasteiger partial charge in [-0.2, -0.15) is 10.4 Å². The van der Waals surface area contributed by atoms with E-state index in [0.29, 0.717) is 22.6 Å². The van der Waals surface area contributed by atoms with Crippen molar-refractivity contribution in [2.24, 2.45) is 0 Å². The quantitative estimate of drug-likeness (QED) is 0.729. The highest BCUT2D eigenvalue weighted by atomic mass is 16.5. The highest BCUT2D eigenvalue weighted by Crippen LogP contribution is 2.19. The van der Waals surface area contributed by atoms with E-state index in [1.54, 1.807) is 30.5 Å². The predicted octanol–water partition coefficient (Wildman–Crippen LogP) is 1.32. The van der Waals surface area contributed by atoms with Gasteiger partial charge in [-0.05, 0) is 12.1 Å². The Kier molecular flexibility index (Phi) is 3.37. The Morgan fingerprint density at radius 1 is 1.36 bits per heavy atom. The molecule has 2 aromatic heterocycles. The number of benzene rings is 1. The summed E-state index contributed by atoms with van der Waals surface area (Å²) in [5, 5.41) is 23.5. The zero-order valence-corrected chi connectivity index (χ0v) is 11.5. The lowest BCUT2D eigenvalue weighted by Crippen LogP contribution is -2.00. The molecule has 0 bridgehead atoms. The molecule has 3 rings (SSSR count). The maximum Gasteiger partial charge on any atom is 0.337 e. The van der Waals surface area contributed by atoms with E-state index in [1.165, 1.54) is 18.0 Å². The van der Waals surface area contributed by atoms with Crippen LogP contribution in [0.25, 0.3) is 17.1 Å². The second-order valence-electron chi connectivity index (χ2n) is 4.36. The summed E-state index contributed by atoms with van der Waals surface area (Å²) in [7, 11) is 1.33. The number of aromatic nitrogens is 5. The summed E-state index contributed by atoms with van der Waals surface area (Å²) >= 11 is 0. The largest absolute Gasteiger partial charge is 0.465 e. The summed E-state index contributed by atoms with van der Waals surface area (Å²) in [5.41, 5.74) is 2.23. The van der Waals surface area contributed by atoms with Gasteiger partial charge in [0.15, 0.2) is 5.82 Å². The number of rotatable bonds is 3. The number of ether oxygens (including phenoxy) is 1. The second-order valence-corrected chi connectivity index (χ2v) is 4.36. The van der Waals surface area contributed by atoms with Crippen LogP contribution < -0.4 is 0 Å². The van der Waals surface area contributed by atoms with E-state index in [0.717, 1.165) is 5.56 Å². The van der Waals surface area contributed by atoms with Crippen molar-refractivity contribution in [2.75, 3.05) is 7.11 Å². The Balaban J connectivity index is 1.91. The Morgan fingerprint density at radius 2 is 2.14 bits per heavy atom. The third-order valence-electron chi connectivity index (χ3n) is 3.06. The number of nitrogens with one attached hydrogen (secondary N) is 1. The Morgan fingerprint density at radius 3 is 2.82 bits per heavy atom. The van der Waals surface area contributed by atoms with Gasteiger partial charge in [0.25, 0.3) is 0 Å². The number of nitrogens with zero attached hydrogens (tertiary/aromatic N) is 5. The van der Waals surface area contributed by atoms with Crippen molar-refractivity contribution in [1.82, 2.24) is 25.2 Å². The smallest absolute Gasteiger partial charge is 0.337 e. The summed E-state index contributed by atoms with van der Waals surface area (Å²) in [6.07, 6.45) is 3.09. The molecule has 0 atom stereocenters. The lowest BCUT2D eigenvalue weighted by molar-refractivity contribution is 0.0601. The van der Waals surface area contributed by atoms with Crippen LogP contribution in [0.4, 0.5) is 0 Å². The van der Waals surface area contributed by atoms with E-state index in [4.69, 9.17) is 5.26 Å². The van der Waals surface area contributed by atoms with Gasteiger partial charge in [0, 0.05) is 5.56 Å². The van der Waals surface area contributed by atoms with Gasteiger partial charge < -0.3 is 4.74 Å². The fourth-order valence-electron chi connectivity index (χ4n) is 1.94.